The largest absolute Gasteiger partial charge is 0.497 e. The van der Waals surface area contributed by atoms with Crippen LogP contribution in [0.5, 0.6) is 5.75 Å². The zero-order valence-electron chi connectivity index (χ0n) is 17.2. The summed E-state index contributed by atoms with van der Waals surface area (Å²) in [7, 11) is -1.99. The maximum atomic E-state index is 12.3. The SMILES string of the molecule is COc1ccc2c(c1)cc(-c1ccccc1)n2Cc1cccc(C(=O)NS(C)(=O)=O)c1. The van der Waals surface area contributed by atoms with Crippen LogP contribution in [0.15, 0.2) is 78.9 Å². The molecule has 4 aromatic rings. The molecule has 158 valence electrons. The second kappa shape index (κ2) is 8.28. The number of carbonyl (C=O) groups is 1. The molecule has 0 aliphatic carbocycles. The van der Waals surface area contributed by atoms with E-state index in [0.29, 0.717) is 12.1 Å². The molecular weight excluding hydrogens is 412 g/mol. The number of fused-ring (bicyclic) bond motifs is 1. The van der Waals surface area contributed by atoms with Crippen LogP contribution in [0.4, 0.5) is 0 Å². The average molecular weight is 435 g/mol. The molecule has 1 aromatic heterocycles. The Bertz CT molecular complexity index is 1360. The van der Waals surface area contributed by atoms with Gasteiger partial charge in [0.05, 0.1) is 13.4 Å². The Kier molecular flexibility index (Phi) is 5.52. The van der Waals surface area contributed by atoms with Crippen molar-refractivity contribution >= 4 is 26.8 Å². The van der Waals surface area contributed by atoms with Crippen LogP contribution >= 0.6 is 0 Å². The summed E-state index contributed by atoms with van der Waals surface area (Å²) < 4.78 is 32.4. The minimum Gasteiger partial charge on any atom is -0.497 e. The highest BCUT2D eigenvalue weighted by molar-refractivity contribution is 7.89. The van der Waals surface area contributed by atoms with Crippen LogP contribution in [-0.2, 0) is 16.6 Å². The topological polar surface area (TPSA) is 77.4 Å². The average Bonchev–Trinajstić information content (AvgIpc) is 3.11. The third kappa shape index (κ3) is 4.62. The lowest BCUT2D eigenvalue weighted by Gasteiger charge is -2.13. The van der Waals surface area contributed by atoms with E-state index in [1.165, 1.54) is 0 Å². The fourth-order valence-corrected chi connectivity index (χ4v) is 4.07. The third-order valence-corrected chi connectivity index (χ3v) is 5.54. The Balaban J connectivity index is 1.78. The highest BCUT2D eigenvalue weighted by atomic mass is 32.2. The van der Waals surface area contributed by atoms with Gasteiger partial charge in [0.2, 0.25) is 10.0 Å². The van der Waals surface area contributed by atoms with E-state index < -0.39 is 15.9 Å². The summed E-state index contributed by atoms with van der Waals surface area (Å²) in [4.78, 5) is 12.3. The molecule has 0 fully saturated rings. The number of carbonyl (C=O) groups excluding carboxylic acids is 1. The molecule has 1 amide bonds. The van der Waals surface area contributed by atoms with Gasteiger partial charge in [-0.15, -0.1) is 0 Å². The quantitative estimate of drug-likeness (QED) is 0.497. The predicted molar refractivity (Wildman–Crippen MR) is 122 cm³/mol. The van der Waals surface area contributed by atoms with Gasteiger partial charge < -0.3 is 9.30 Å². The lowest BCUT2D eigenvalue weighted by atomic mass is 10.1. The molecule has 0 saturated heterocycles. The zero-order chi connectivity index (χ0) is 22.0. The van der Waals surface area contributed by atoms with Crippen LogP contribution in [0.3, 0.4) is 0 Å². The highest BCUT2D eigenvalue weighted by Gasteiger charge is 2.14. The summed E-state index contributed by atoms with van der Waals surface area (Å²) in [6.45, 7) is 0.514. The normalized spacial score (nSPS) is 11.4. The van der Waals surface area contributed by atoms with Crippen molar-refractivity contribution in [3.63, 3.8) is 0 Å². The minimum atomic E-state index is -3.63. The first kappa shape index (κ1) is 20.7. The number of rotatable bonds is 6. The second-order valence-electron chi connectivity index (χ2n) is 7.31. The fourth-order valence-electron chi connectivity index (χ4n) is 3.62. The van der Waals surface area contributed by atoms with Crippen molar-refractivity contribution in [2.45, 2.75) is 6.54 Å². The van der Waals surface area contributed by atoms with Crippen LogP contribution < -0.4 is 9.46 Å². The monoisotopic (exact) mass is 434 g/mol. The van der Waals surface area contributed by atoms with Crippen molar-refractivity contribution in [1.29, 1.82) is 0 Å². The highest BCUT2D eigenvalue weighted by Crippen LogP contribution is 2.31. The smallest absolute Gasteiger partial charge is 0.264 e. The number of methoxy groups -OCH3 is 1. The van der Waals surface area contributed by atoms with E-state index >= 15 is 0 Å². The van der Waals surface area contributed by atoms with Gasteiger partial charge in [0.25, 0.3) is 5.91 Å². The van der Waals surface area contributed by atoms with Crippen molar-refractivity contribution in [3.8, 4) is 17.0 Å². The number of hydrogen-bond donors (Lipinski definition) is 1. The first-order valence-corrected chi connectivity index (χ1v) is 11.6. The molecule has 4 rings (SSSR count). The van der Waals surface area contributed by atoms with Gasteiger partial charge in [0.15, 0.2) is 0 Å². The minimum absolute atomic E-state index is 0.294. The molecule has 0 saturated carbocycles. The lowest BCUT2D eigenvalue weighted by Crippen LogP contribution is -2.29. The predicted octanol–water partition coefficient (Wildman–Crippen LogP) is 4.05. The molecule has 3 aromatic carbocycles. The van der Waals surface area contributed by atoms with Crippen molar-refractivity contribution in [2.75, 3.05) is 13.4 Å². The van der Waals surface area contributed by atoms with Crippen LogP contribution in [0, 0.1) is 0 Å². The molecule has 0 spiro atoms. The standard InChI is InChI=1S/C24H22N2O4S/c1-30-21-11-12-22-20(14-21)15-23(18-8-4-3-5-9-18)26(22)16-17-7-6-10-19(13-17)24(27)25-31(2,28)29/h3-15H,16H2,1-2H3,(H,25,27). The molecule has 6 nitrogen and oxygen atoms in total. The van der Waals surface area contributed by atoms with Gasteiger partial charge in [-0.3, -0.25) is 4.79 Å². The molecule has 1 heterocycles. The van der Waals surface area contributed by atoms with Gasteiger partial charge in [0, 0.05) is 28.7 Å². The van der Waals surface area contributed by atoms with Gasteiger partial charge in [-0.05, 0) is 47.5 Å². The van der Waals surface area contributed by atoms with E-state index in [1.807, 2.05) is 47.2 Å². The summed E-state index contributed by atoms with van der Waals surface area (Å²) in [6.07, 6.45) is 0.959. The van der Waals surface area contributed by atoms with E-state index in [9.17, 15) is 13.2 Å². The molecule has 0 atom stereocenters. The fraction of sp³-hybridized carbons (Fsp3) is 0.125. The summed E-state index contributed by atoms with van der Waals surface area (Å²) in [5, 5.41) is 1.05. The van der Waals surface area contributed by atoms with E-state index in [4.69, 9.17) is 4.74 Å². The maximum Gasteiger partial charge on any atom is 0.264 e. The van der Waals surface area contributed by atoms with Crippen molar-refractivity contribution in [3.05, 3.63) is 90.0 Å². The first-order valence-electron chi connectivity index (χ1n) is 9.68. The Morgan fingerprint density at radius 1 is 0.968 bits per heavy atom. The van der Waals surface area contributed by atoms with Crippen molar-refractivity contribution in [1.82, 2.24) is 9.29 Å². The number of hydrogen-bond acceptors (Lipinski definition) is 4. The van der Waals surface area contributed by atoms with Crippen LogP contribution in [0.2, 0.25) is 0 Å². The van der Waals surface area contributed by atoms with Crippen LogP contribution in [0.1, 0.15) is 15.9 Å². The maximum absolute atomic E-state index is 12.3. The molecule has 0 aliphatic rings. The molecule has 0 unspecified atom stereocenters. The van der Waals surface area contributed by atoms with E-state index in [2.05, 4.69) is 22.8 Å². The Morgan fingerprint density at radius 3 is 2.45 bits per heavy atom. The second-order valence-corrected chi connectivity index (χ2v) is 9.06. The molecule has 7 heteroatoms. The number of nitrogens with one attached hydrogen (secondary N) is 1. The van der Waals surface area contributed by atoms with Gasteiger partial charge >= 0.3 is 0 Å². The molecule has 0 aliphatic heterocycles. The van der Waals surface area contributed by atoms with Crippen LogP contribution in [0.25, 0.3) is 22.2 Å². The van der Waals surface area contributed by atoms with Crippen molar-refractivity contribution < 1.29 is 17.9 Å². The third-order valence-electron chi connectivity index (χ3n) is 4.99. The van der Waals surface area contributed by atoms with Gasteiger partial charge in [-0.25, -0.2) is 13.1 Å². The Hall–Kier alpha value is -3.58. The Labute approximate surface area is 181 Å². The van der Waals surface area contributed by atoms with Gasteiger partial charge in [-0.1, -0.05) is 42.5 Å². The van der Waals surface area contributed by atoms with Gasteiger partial charge in [0.1, 0.15) is 5.75 Å². The first-order chi connectivity index (χ1) is 14.8. The number of sulfonamides is 1. The van der Waals surface area contributed by atoms with Crippen molar-refractivity contribution in [2.24, 2.45) is 0 Å². The number of amides is 1. The molecule has 0 radical (unpaired) electrons. The lowest BCUT2D eigenvalue weighted by molar-refractivity contribution is 0.0981. The van der Waals surface area contributed by atoms with Crippen LogP contribution in [-0.4, -0.2) is 32.3 Å². The molecule has 0 bridgehead atoms. The van der Waals surface area contributed by atoms with E-state index in [-0.39, 0.29) is 0 Å². The van der Waals surface area contributed by atoms with E-state index in [0.717, 1.165) is 39.7 Å². The Morgan fingerprint density at radius 2 is 1.74 bits per heavy atom. The summed E-state index contributed by atoms with van der Waals surface area (Å²) >= 11 is 0. The molecule has 31 heavy (non-hydrogen) atoms. The summed E-state index contributed by atoms with van der Waals surface area (Å²) in [6, 6.07) is 25.1. The number of nitrogens with zero attached hydrogens (tertiary/aromatic N) is 1. The number of benzene rings is 3. The molecule has 1 N–H and O–H groups in total. The summed E-state index contributed by atoms with van der Waals surface area (Å²) in [5.74, 6) is 0.137. The molecular formula is C24H22N2O4S. The number of aromatic nitrogens is 1. The number of ether oxygens (including phenoxy) is 1. The zero-order valence-corrected chi connectivity index (χ0v) is 18.0. The van der Waals surface area contributed by atoms with Gasteiger partial charge in [-0.2, -0.15) is 0 Å². The van der Waals surface area contributed by atoms with E-state index in [1.54, 1.807) is 25.3 Å². The summed E-state index contributed by atoms with van der Waals surface area (Å²) in [5.41, 5.74) is 4.32.